The van der Waals surface area contributed by atoms with Gasteiger partial charge in [-0.25, -0.2) is 0 Å². The third-order valence-electron chi connectivity index (χ3n) is 5.53. The van der Waals surface area contributed by atoms with Crippen LogP contribution in [0, 0.1) is 0 Å². The number of fused-ring (bicyclic) bond motifs is 1. The van der Waals surface area contributed by atoms with E-state index in [4.69, 9.17) is 0 Å². The molecule has 0 aliphatic carbocycles. The van der Waals surface area contributed by atoms with Crippen molar-refractivity contribution in [3.63, 3.8) is 0 Å². The first-order valence-electron chi connectivity index (χ1n) is 9.28. The molecular formula is C22H23BrN2O. The van der Waals surface area contributed by atoms with Crippen LogP contribution in [0.3, 0.4) is 0 Å². The first kappa shape index (κ1) is 17.3. The predicted molar refractivity (Wildman–Crippen MR) is 110 cm³/mol. The summed E-state index contributed by atoms with van der Waals surface area (Å²) in [6.07, 6.45) is 2.49. The molecule has 4 rings (SSSR count). The van der Waals surface area contributed by atoms with Crippen molar-refractivity contribution in [3.05, 3.63) is 58.6 Å². The molecule has 0 bridgehead atoms. The van der Waals surface area contributed by atoms with Crippen LogP contribution in [-0.4, -0.2) is 21.8 Å². The number of H-pyrrole nitrogens is 1. The van der Waals surface area contributed by atoms with Crippen LogP contribution in [0.15, 0.2) is 53.0 Å². The molecule has 26 heavy (non-hydrogen) atoms. The summed E-state index contributed by atoms with van der Waals surface area (Å²) >= 11 is 3.52. The maximum Gasteiger partial charge on any atom is 0.223 e. The molecule has 0 saturated carbocycles. The van der Waals surface area contributed by atoms with E-state index in [1.807, 2.05) is 0 Å². The number of amides is 1. The number of aromatic amines is 1. The van der Waals surface area contributed by atoms with Gasteiger partial charge in [0.2, 0.25) is 5.91 Å². The summed E-state index contributed by atoms with van der Waals surface area (Å²) in [6, 6.07) is 17.2. The third kappa shape index (κ3) is 2.86. The number of nitrogens with one attached hydrogen (secondary N) is 1. The lowest BCUT2D eigenvalue weighted by Gasteiger charge is -2.31. The molecule has 0 unspecified atom stereocenters. The Bertz CT molecular complexity index is 944. The summed E-state index contributed by atoms with van der Waals surface area (Å²) in [6.45, 7) is 4.31. The molecule has 1 saturated heterocycles. The molecule has 0 radical (unpaired) electrons. The molecule has 1 aliphatic rings. The van der Waals surface area contributed by atoms with Gasteiger partial charge >= 0.3 is 0 Å². The molecule has 134 valence electrons. The number of hydrogen-bond acceptors (Lipinski definition) is 1. The molecule has 1 amide bonds. The second kappa shape index (κ2) is 6.92. The Hall–Kier alpha value is -2.07. The minimum absolute atomic E-state index is 0.132. The van der Waals surface area contributed by atoms with Gasteiger partial charge in [-0.15, -0.1) is 0 Å². The second-order valence-corrected chi connectivity index (χ2v) is 7.99. The van der Waals surface area contributed by atoms with Crippen LogP contribution in [0.2, 0.25) is 0 Å². The Morgan fingerprint density at radius 3 is 2.65 bits per heavy atom. The van der Waals surface area contributed by atoms with Crippen LogP contribution in [0.1, 0.15) is 44.7 Å². The highest BCUT2D eigenvalue weighted by Gasteiger charge is 2.37. The number of carbonyl (C=O) groups excluding carboxylic acids is 1. The molecule has 2 aromatic carbocycles. The van der Waals surface area contributed by atoms with Gasteiger partial charge in [0.1, 0.15) is 0 Å². The van der Waals surface area contributed by atoms with E-state index in [0.29, 0.717) is 6.42 Å². The molecule has 4 heteroatoms. The Balaban J connectivity index is 1.92. The minimum atomic E-state index is 0.132. The summed E-state index contributed by atoms with van der Waals surface area (Å²) in [7, 11) is 0. The lowest BCUT2D eigenvalue weighted by molar-refractivity contribution is -0.131. The van der Waals surface area contributed by atoms with Crippen molar-refractivity contribution in [2.45, 2.75) is 45.2 Å². The lowest BCUT2D eigenvalue weighted by Crippen LogP contribution is -2.35. The van der Waals surface area contributed by atoms with Crippen molar-refractivity contribution in [2.24, 2.45) is 0 Å². The highest BCUT2D eigenvalue weighted by atomic mass is 79.9. The molecular weight excluding hydrogens is 388 g/mol. The van der Waals surface area contributed by atoms with Crippen molar-refractivity contribution in [1.29, 1.82) is 0 Å². The lowest BCUT2D eigenvalue weighted by atomic mass is 9.96. The summed E-state index contributed by atoms with van der Waals surface area (Å²) in [4.78, 5) is 18.3. The molecule has 3 aromatic rings. The van der Waals surface area contributed by atoms with Crippen LogP contribution in [0.4, 0.5) is 0 Å². The fourth-order valence-corrected chi connectivity index (χ4v) is 4.35. The second-order valence-electron chi connectivity index (χ2n) is 7.08. The first-order chi connectivity index (χ1) is 12.6. The van der Waals surface area contributed by atoms with Crippen molar-refractivity contribution in [2.75, 3.05) is 0 Å². The van der Waals surface area contributed by atoms with E-state index in [1.54, 1.807) is 0 Å². The smallest absolute Gasteiger partial charge is 0.223 e. The van der Waals surface area contributed by atoms with E-state index in [9.17, 15) is 4.79 Å². The number of rotatable bonds is 4. The van der Waals surface area contributed by atoms with Crippen molar-refractivity contribution in [3.8, 4) is 11.3 Å². The van der Waals surface area contributed by atoms with E-state index in [0.717, 1.165) is 34.1 Å². The van der Waals surface area contributed by atoms with E-state index < -0.39 is 0 Å². The third-order valence-corrected chi connectivity index (χ3v) is 6.06. The van der Waals surface area contributed by atoms with Crippen molar-refractivity contribution >= 4 is 32.7 Å². The summed E-state index contributed by atoms with van der Waals surface area (Å²) < 4.78 is 1.07. The van der Waals surface area contributed by atoms with Gasteiger partial charge in [0.05, 0.1) is 11.7 Å². The minimum Gasteiger partial charge on any atom is -0.354 e. The molecule has 1 aliphatic heterocycles. The van der Waals surface area contributed by atoms with Gasteiger partial charge in [0.25, 0.3) is 0 Å². The average Bonchev–Trinajstić information content (AvgIpc) is 3.22. The van der Waals surface area contributed by atoms with E-state index in [-0.39, 0.29) is 18.0 Å². The number of likely N-dealkylation sites (tertiary alicyclic amines) is 1. The Morgan fingerprint density at radius 1 is 1.19 bits per heavy atom. The van der Waals surface area contributed by atoms with Gasteiger partial charge < -0.3 is 9.88 Å². The van der Waals surface area contributed by atoms with Crippen LogP contribution in [0.5, 0.6) is 0 Å². The summed E-state index contributed by atoms with van der Waals surface area (Å²) in [5.74, 6) is 0.274. The highest BCUT2D eigenvalue weighted by Crippen LogP contribution is 2.43. The fourth-order valence-electron chi connectivity index (χ4n) is 4.09. The van der Waals surface area contributed by atoms with Crippen LogP contribution >= 0.6 is 15.9 Å². The zero-order valence-electron chi connectivity index (χ0n) is 15.1. The molecule has 2 heterocycles. The predicted octanol–water partition coefficient (Wildman–Crippen LogP) is 6.06. The number of nitrogens with zero attached hydrogens (tertiary/aromatic N) is 1. The van der Waals surface area contributed by atoms with Gasteiger partial charge in [-0.3, -0.25) is 4.79 Å². The number of para-hydroxylation sites is 1. The number of hydrogen-bond donors (Lipinski definition) is 1. The summed E-state index contributed by atoms with van der Waals surface area (Å²) in [5.41, 5.74) is 4.67. The average molecular weight is 411 g/mol. The Labute approximate surface area is 162 Å². The number of carbonyl (C=O) groups is 1. The van der Waals surface area contributed by atoms with Crippen molar-refractivity contribution < 1.29 is 4.79 Å². The number of aromatic nitrogens is 1. The van der Waals surface area contributed by atoms with E-state index in [2.05, 4.69) is 88.2 Å². The largest absolute Gasteiger partial charge is 0.354 e. The van der Waals surface area contributed by atoms with E-state index in [1.165, 1.54) is 10.9 Å². The maximum absolute atomic E-state index is 12.6. The standard InChI is InChI=1S/C22H23BrN2O/c1-3-14(2)25-19(12-13-20(25)26)21-17-6-4-5-7-18(17)24-22(21)15-8-10-16(23)11-9-15/h4-11,14,19,24H,3,12-13H2,1-2H3/t14-,19-/m1/s1. The van der Waals surface area contributed by atoms with Gasteiger partial charge in [0.15, 0.2) is 0 Å². The van der Waals surface area contributed by atoms with E-state index >= 15 is 0 Å². The van der Waals surface area contributed by atoms with Gasteiger partial charge in [-0.2, -0.15) is 0 Å². The van der Waals surface area contributed by atoms with Crippen LogP contribution < -0.4 is 0 Å². The normalized spacial score (nSPS) is 18.7. The molecule has 1 aromatic heterocycles. The highest BCUT2D eigenvalue weighted by molar-refractivity contribution is 9.10. The Kier molecular flexibility index (Phi) is 4.62. The number of halogens is 1. The molecule has 1 fully saturated rings. The molecule has 3 nitrogen and oxygen atoms in total. The summed E-state index contributed by atoms with van der Waals surface area (Å²) in [5, 5.41) is 1.22. The van der Waals surface area contributed by atoms with Gasteiger partial charge in [-0.1, -0.05) is 53.2 Å². The van der Waals surface area contributed by atoms with Gasteiger partial charge in [0, 0.05) is 33.4 Å². The van der Waals surface area contributed by atoms with Gasteiger partial charge in [-0.05, 0) is 43.5 Å². The zero-order chi connectivity index (χ0) is 18.3. The number of benzene rings is 2. The topological polar surface area (TPSA) is 36.1 Å². The molecule has 1 N–H and O–H groups in total. The maximum atomic E-state index is 12.6. The fraction of sp³-hybridized carbons (Fsp3) is 0.318. The zero-order valence-corrected chi connectivity index (χ0v) is 16.7. The Morgan fingerprint density at radius 2 is 1.92 bits per heavy atom. The quantitative estimate of drug-likeness (QED) is 0.557. The van der Waals surface area contributed by atoms with Crippen LogP contribution in [-0.2, 0) is 4.79 Å². The molecule has 0 spiro atoms. The SMILES string of the molecule is CC[C@@H](C)N1C(=O)CC[C@@H]1c1c(-c2ccc(Br)cc2)[nH]c2ccccc12. The monoisotopic (exact) mass is 410 g/mol. The first-order valence-corrected chi connectivity index (χ1v) is 10.1. The van der Waals surface area contributed by atoms with Crippen molar-refractivity contribution in [1.82, 2.24) is 9.88 Å². The molecule has 2 atom stereocenters. The van der Waals surface area contributed by atoms with Crippen LogP contribution in [0.25, 0.3) is 22.2 Å².